The predicted molar refractivity (Wildman–Crippen MR) is 102 cm³/mol. The Kier molecular flexibility index (Phi) is 4.30. The summed E-state index contributed by atoms with van der Waals surface area (Å²) in [6, 6.07) is 10.3. The maximum Gasteiger partial charge on any atom is 0.224 e. The van der Waals surface area contributed by atoms with E-state index in [9.17, 15) is 0 Å². The Balaban J connectivity index is 1.73. The van der Waals surface area contributed by atoms with Gasteiger partial charge in [-0.05, 0) is 39.0 Å². The molecule has 0 spiro atoms. The predicted octanol–water partition coefficient (Wildman–Crippen LogP) is 4.04. The summed E-state index contributed by atoms with van der Waals surface area (Å²) in [5, 5.41) is 3.39. The first kappa shape index (κ1) is 15.9. The van der Waals surface area contributed by atoms with E-state index in [2.05, 4.69) is 34.4 Å². The molecule has 1 atom stereocenters. The fraction of sp³-hybridized carbons (Fsp3) is 0.400. The zero-order valence-corrected chi connectivity index (χ0v) is 14.8. The molecule has 1 aromatic heterocycles. The van der Waals surface area contributed by atoms with Gasteiger partial charge in [0.1, 0.15) is 5.82 Å². The van der Waals surface area contributed by atoms with Gasteiger partial charge in [-0.1, -0.05) is 37.3 Å². The number of rotatable bonds is 3. The summed E-state index contributed by atoms with van der Waals surface area (Å²) < 4.78 is 0. The molecule has 1 N–H and O–H groups in total. The van der Waals surface area contributed by atoms with Crippen molar-refractivity contribution in [1.29, 1.82) is 0 Å². The van der Waals surface area contributed by atoms with Crippen molar-refractivity contribution in [3.8, 4) is 11.4 Å². The summed E-state index contributed by atoms with van der Waals surface area (Å²) in [4.78, 5) is 18.9. The van der Waals surface area contributed by atoms with Crippen LogP contribution in [0.2, 0.25) is 0 Å². The molecule has 5 heteroatoms. The Bertz CT molecular complexity index is 839. The molecule has 0 fully saturated rings. The smallest absolute Gasteiger partial charge is 0.224 e. The van der Waals surface area contributed by atoms with Crippen molar-refractivity contribution in [1.82, 2.24) is 9.97 Å². The molecule has 0 bridgehead atoms. The number of hydrogen-bond acceptors (Lipinski definition) is 5. The first-order valence-electron chi connectivity index (χ1n) is 9.10. The first-order chi connectivity index (χ1) is 12.2. The lowest BCUT2D eigenvalue weighted by atomic mass is 9.96. The van der Waals surface area contributed by atoms with Gasteiger partial charge in [0, 0.05) is 22.5 Å². The number of nitrogens with one attached hydrogen (secondary N) is 1. The molecule has 0 saturated heterocycles. The number of nitrogens with zero attached hydrogens (tertiary/aromatic N) is 4. The number of aryl methyl sites for hydroxylation is 1. The van der Waals surface area contributed by atoms with Crippen LogP contribution in [0.3, 0.4) is 0 Å². The second kappa shape index (κ2) is 6.75. The number of fused-ring (bicyclic) bond motifs is 1. The molecule has 0 saturated carbocycles. The van der Waals surface area contributed by atoms with Crippen LogP contribution in [0.25, 0.3) is 11.4 Å². The van der Waals surface area contributed by atoms with Crippen molar-refractivity contribution in [2.75, 3.05) is 5.32 Å². The Labute approximate surface area is 148 Å². The van der Waals surface area contributed by atoms with E-state index in [1.54, 1.807) is 0 Å². The lowest BCUT2D eigenvalue weighted by Gasteiger charge is -2.19. The zero-order valence-electron chi connectivity index (χ0n) is 14.8. The van der Waals surface area contributed by atoms with Crippen LogP contribution in [0, 0.1) is 0 Å². The summed E-state index contributed by atoms with van der Waals surface area (Å²) >= 11 is 0. The maximum absolute atomic E-state index is 4.84. The minimum absolute atomic E-state index is 0.189. The van der Waals surface area contributed by atoms with Crippen molar-refractivity contribution >= 4 is 17.5 Å². The van der Waals surface area contributed by atoms with E-state index in [1.165, 1.54) is 18.4 Å². The molecule has 0 radical (unpaired) electrons. The molecular formula is C20H23N5. The number of anilines is 1. The number of hydrogen-bond donors (Lipinski definition) is 1. The highest BCUT2D eigenvalue weighted by molar-refractivity contribution is 6.09. The monoisotopic (exact) mass is 333 g/mol. The van der Waals surface area contributed by atoms with Crippen LogP contribution in [0.5, 0.6) is 0 Å². The van der Waals surface area contributed by atoms with Gasteiger partial charge in [0.15, 0.2) is 5.82 Å². The van der Waals surface area contributed by atoms with Gasteiger partial charge < -0.3 is 5.32 Å². The van der Waals surface area contributed by atoms with Crippen molar-refractivity contribution in [3.05, 3.63) is 41.6 Å². The number of guanidine groups is 1. The fourth-order valence-electron chi connectivity index (χ4n) is 3.48. The third-order valence-corrected chi connectivity index (χ3v) is 4.87. The summed E-state index contributed by atoms with van der Waals surface area (Å²) in [7, 11) is 0. The van der Waals surface area contributed by atoms with Crippen LogP contribution in [0.1, 0.15) is 44.4 Å². The summed E-state index contributed by atoms with van der Waals surface area (Å²) in [5.74, 6) is 2.32. The fourth-order valence-corrected chi connectivity index (χ4v) is 3.48. The van der Waals surface area contributed by atoms with Crippen LogP contribution in [0.4, 0.5) is 5.82 Å². The molecule has 1 unspecified atom stereocenters. The highest BCUT2D eigenvalue weighted by Crippen LogP contribution is 2.29. The second-order valence-electron chi connectivity index (χ2n) is 6.65. The third-order valence-electron chi connectivity index (χ3n) is 4.87. The summed E-state index contributed by atoms with van der Waals surface area (Å²) in [6.07, 6.45) is 5.37. The van der Waals surface area contributed by atoms with E-state index in [4.69, 9.17) is 9.97 Å². The Hall–Kier alpha value is -2.56. The number of aliphatic imine (C=N–C) groups is 2. The Morgan fingerprint density at radius 3 is 2.64 bits per heavy atom. The molecule has 0 amide bonds. The zero-order chi connectivity index (χ0) is 17.2. The van der Waals surface area contributed by atoms with Gasteiger partial charge in [-0.2, -0.15) is 0 Å². The van der Waals surface area contributed by atoms with Crippen molar-refractivity contribution < 1.29 is 0 Å². The van der Waals surface area contributed by atoms with Gasteiger partial charge in [-0.3, -0.25) is 0 Å². The molecule has 2 aromatic rings. The Morgan fingerprint density at radius 1 is 1.08 bits per heavy atom. The van der Waals surface area contributed by atoms with Crippen molar-refractivity contribution in [3.63, 3.8) is 0 Å². The highest BCUT2D eigenvalue weighted by atomic mass is 15.2. The van der Waals surface area contributed by atoms with E-state index in [0.717, 1.165) is 47.9 Å². The van der Waals surface area contributed by atoms with E-state index < -0.39 is 0 Å². The molecule has 2 heterocycles. The normalized spacial score (nSPS) is 19.2. The number of aromatic nitrogens is 2. The average molecular weight is 333 g/mol. The SMILES string of the molecule is CCC1N=C(Nc2nc(-c3ccccc3)nc3c2CCCC3)N=C1C. The van der Waals surface area contributed by atoms with Gasteiger partial charge in [0.05, 0.1) is 6.04 Å². The van der Waals surface area contributed by atoms with Gasteiger partial charge in [0.2, 0.25) is 5.96 Å². The Morgan fingerprint density at radius 2 is 1.88 bits per heavy atom. The maximum atomic E-state index is 4.84. The van der Waals surface area contributed by atoms with E-state index in [0.29, 0.717) is 5.96 Å². The quantitative estimate of drug-likeness (QED) is 0.922. The minimum atomic E-state index is 0.189. The molecule has 2 aliphatic rings. The topological polar surface area (TPSA) is 62.5 Å². The summed E-state index contributed by atoms with van der Waals surface area (Å²) in [5.41, 5.74) is 4.49. The molecule has 1 aliphatic carbocycles. The van der Waals surface area contributed by atoms with Crippen molar-refractivity contribution in [2.24, 2.45) is 9.98 Å². The first-order valence-corrected chi connectivity index (χ1v) is 9.10. The van der Waals surface area contributed by atoms with Gasteiger partial charge in [-0.15, -0.1) is 0 Å². The van der Waals surface area contributed by atoms with E-state index in [-0.39, 0.29) is 6.04 Å². The third kappa shape index (κ3) is 3.18. The molecule has 1 aromatic carbocycles. The van der Waals surface area contributed by atoms with Crippen molar-refractivity contribution in [2.45, 2.75) is 52.0 Å². The van der Waals surface area contributed by atoms with Crippen LogP contribution < -0.4 is 5.32 Å². The molecule has 5 nitrogen and oxygen atoms in total. The van der Waals surface area contributed by atoms with Gasteiger partial charge >= 0.3 is 0 Å². The van der Waals surface area contributed by atoms with Crippen LogP contribution in [-0.2, 0) is 12.8 Å². The molecular weight excluding hydrogens is 310 g/mol. The van der Waals surface area contributed by atoms with Gasteiger partial charge in [-0.25, -0.2) is 20.0 Å². The molecule has 1 aliphatic heterocycles. The van der Waals surface area contributed by atoms with Crippen LogP contribution in [-0.4, -0.2) is 27.7 Å². The van der Waals surface area contributed by atoms with Gasteiger partial charge in [0.25, 0.3) is 0 Å². The average Bonchev–Trinajstić information content (AvgIpc) is 3.01. The van der Waals surface area contributed by atoms with Crippen LogP contribution >= 0.6 is 0 Å². The highest BCUT2D eigenvalue weighted by Gasteiger charge is 2.22. The van der Waals surface area contributed by atoms with E-state index in [1.807, 2.05) is 25.1 Å². The van der Waals surface area contributed by atoms with E-state index >= 15 is 0 Å². The second-order valence-corrected chi connectivity index (χ2v) is 6.65. The van der Waals surface area contributed by atoms with Crippen LogP contribution in [0.15, 0.2) is 40.3 Å². The molecule has 25 heavy (non-hydrogen) atoms. The molecule has 128 valence electrons. The standard InChI is InChI=1S/C20H23N5/c1-3-16-13(2)21-20(23-16)25-19-15-11-7-8-12-17(15)22-18(24-19)14-9-5-4-6-10-14/h4-6,9-10,16H,3,7-8,11-12H2,1-2H3,(H,22,23,24,25). The minimum Gasteiger partial charge on any atom is -0.309 e. The summed E-state index contributed by atoms with van der Waals surface area (Å²) in [6.45, 7) is 4.17. The number of benzene rings is 1. The molecule has 4 rings (SSSR count). The lowest BCUT2D eigenvalue weighted by Crippen LogP contribution is -2.16. The largest absolute Gasteiger partial charge is 0.309 e. The lowest BCUT2D eigenvalue weighted by molar-refractivity contribution is 0.665.